The largest absolute Gasteiger partial charge is 0.387 e. The normalized spacial score (nSPS) is 13.1. The molecule has 2 rings (SSSR count). The summed E-state index contributed by atoms with van der Waals surface area (Å²) < 4.78 is 0. The van der Waals surface area contributed by atoms with Crippen LogP contribution in [-0.4, -0.2) is 28.5 Å². The molecule has 0 bridgehead atoms. The number of non-ortho nitro benzene ring substituents is 1. The highest BCUT2D eigenvalue weighted by atomic mass is 16.6. The van der Waals surface area contributed by atoms with Gasteiger partial charge in [-0.05, 0) is 29.8 Å². The minimum Gasteiger partial charge on any atom is -0.387 e. The van der Waals surface area contributed by atoms with Crippen molar-refractivity contribution >= 4 is 11.6 Å². The molecule has 120 valence electrons. The Labute approximate surface area is 132 Å². The van der Waals surface area contributed by atoms with Crippen molar-refractivity contribution in [2.45, 2.75) is 12.1 Å². The van der Waals surface area contributed by atoms with Gasteiger partial charge in [-0.1, -0.05) is 18.2 Å². The van der Waals surface area contributed by atoms with Gasteiger partial charge in [0, 0.05) is 24.2 Å². The Balaban J connectivity index is 1.93. The third kappa shape index (κ3) is 4.35. The molecule has 0 aliphatic carbocycles. The first-order valence-electron chi connectivity index (χ1n) is 7.00. The highest BCUT2D eigenvalue weighted by Crippen LogP contribution is 2.19. The molecule has 7 heteroatoms. The molecular weight excluding hydrogens is 298 g/mol. The molecule has 2 atom stereocenters. The van der Waals surface area contributed by atoms with Gasteiger partial charge in [0.25, 0.3) is 11.6 Å². The van der Waals surface area contributed by atoms with Crippen molar-refractivity contribution in [3.8, 4) is 0 Å². The van der Waals surface area contributed by atoms with E-state index in [0.717, 1.165) is 0 Å². The second-order valence-electron chi connectivity index (χ2n) is 5.03. The molecule has 0 radical (unpaired) electrons. The van der Waals surface area contributed by atoms with E-state index < -0.39 is 17.1 Å². The van der Waals surface area contributed by atoms with Crippen molar-refractivity contribution in [3.05, 3.63) is 75.8 Å². The van der Waals surface area contributed by atoms with Crippen LogP contribution in [0.25, 0.3) is 0 Å². The van der Waals surface area contributed by atoms with E-state index in [1.54, 1.807) is 30.3 Å². The van der Waals surface area contributed by atoms with Gasteiger partial charge in [0.05, 0.1) is 17.1 Å². The van der Waals surface area contributed by atoms with E-state index >= 15 is 0 Å². The number of nitrogens with zero attached hydrogens (tertiary/aromatic N) is 1. The number of hydrogen-bond acceptors (Lipinski definition) is 5. The second-order valence-corrected chi connectivity index (χ2v) is 5.03. The average molecular weight is 315 g/mol. The molecule has 0 heterocycles. The fourth-order valence-corrected chi connectivity index (χ4v) is 2.05. The molecule has 0 aliphatic heterocycles. The number of nitro benzene ring substituents is 1. The lowest BCUT2D eigenvalue weighted by molar-refractivity contribution is -0.384. The van der Waals surface area contributed by atoms with Crippen LogP contribution < -0.4 is 11.1 Å². The maximum absolute atomic E-state index is 11.9. The van der Waals surface area contributed by atoms with Gasteiger partial charge in [0.1, 0.15) is 0 Å². The molecule has 7 nitrogen and oxygen atoms in total. The number of benzene rings is 2. The molecule has 0 spiro atoms. The first-order valence-corrected chi connectivity index (χ1v) is 7.00. The van der Waals surface area contributed by atoms with Crippen LogP contribution >= 0.6 is 0 Å². The lowest BCUT2D eigenvalue weighted by Crippen LogP contribution is -2.41. The van der Waals surface area contributed by atoms with Gasteiger partial charge >= 0.3 is 0 Å². The molecule has 0 unspecified atom stereocenters. The lowest BCUT2D eigenvalue weighted by atomic mass is 10.0. The summed E-state index contributed by atoms with van der Waals surface area (Å²) in [7, 11) is 0. The summed E-state index contributed by atoms with van der Waals surface area (Å²) in [6.07, 6.45) is -1.04. The fraction of sp³-hybridized carbons (Fsp3) is 0.188. The van der Waals surface area contributed by atoms with Crippen LogP contribution in [0.1, 0.15) is 22.0 Å². The molecule has 2 aromatic rings. The summed E-state index contributed by atoms with van der Waals surface area (Å²) in [4.78, 5) is 22.0. The van der Waals surface area contributed by atoms with E-state index in [1.165, 1.54) is 24.3 Å². The lowest BCUT2D eigenvalue weighted by Gasteiger charge is -2.19. The molecule has 0 aromatic heterocycles. The number of rotatable bonds is 6. The zero-order valence-corrected chi connectivity index (χ0v) is 12.3. The van der Waals surface area contributed by atoms with Crippen molar-refractivity contribution in [3.63, 3.8) is 0 Å². The number of aliphatic hydroxyl groups is 1. The third-order valence-electron chi connectivity index (χ3n) is 3.39. The molecule has 1 amide bonds. The first kappa shape index (κ1) is 16.6. The maximum Gasteiger partial charge on any atom is 0.269 e. The summed E-state index contributed by atoms with van der Waals surface area (Å²) in [5.74, 6) is -0.281. The van der Waals surface area contributed by atoms with E-state index in [0.29, 0.717) is 11.1 Å². The predicted octanol–water partition coefficient (Wildman–Crippen LogP) is 1.39. The molecule has 0 fully saturated rings. The SMILES string of the molecule is N[C@@H](CNC(=O)c1ccccc1)[C@@H](O)c1ccc([N+](=O)[O-])cc1. The topological polar surface area (TPSA) is 118 Å². The van der Waals surface area contributed by atoms with Gasteiger partial charge in [0.2, 0.25) is 0 Å². The van der Waals surface area contributed by atoms with E-state index in [1.807, 2.05) is 0 Å². The highest BCUT2D eigenvalue weighted by Gasteiger charge is 2.19. The zero-order chi connectivity index (χ0) is 16.8. The molecule has 0 aliphatic rings. The molecule has 2 aromatic carbocycles. The molecule has 0 saturated heterocycles. The summed E-state index contributed by atoms with van der Waals surface area (Å²) in [6.45, 7) is 0.0753. The smallest absolute Gasteiger partial charge is 0.269 e. The fourth-order valence-electron chi connectivity index (χ4n) is 2.05. The number of amides is 1. The second kappa shape index (κ2) is 7.48. The Morgan fingerprint density at radius 1 is 1.17 bits per heavy atom. The zero-order valence-electron chi connectivity index (χ0n) is 12.3. The summed E-state index contributed by atoms with van der Waals surface area (Å²) >= 11 is 0. The molecule has 0 saturated carbocycles. The van der Waals surface area contributed by atoms with Crippen LogP contribution in [0.2, 0.25) is 0 Å². The Hall–Kier alpha value is -2.77. The first-order chi connectivity index (χ1) is 11.0. The number of aliphatic hydroxyl groups excluding tert-OH is 1. The summed E-state index contributed by atoms with van der Waals surface area (Å²) in [5, 5.41) is 23.4. The minimum atomic E-state index is -1.04. The molecule has 4 N–H and O–H groups in total. The van der Waals surface area contributed by atoms with E-state index in [9.17, 15) is 20.0 Å². The number of nitrogens with one attached hydrogen (secondary N) is 1. The van der Waals surface area contributed by atoms with Gasteiger partial charge in [0.15, 0.2) is 0 Å². The van der Waals surface area contributed by atoms with Crippen molar-refractivity contribution in [2.24, 2.45) is 5.73 Å². The van der Waals surface area contributed by atoms with Crippen LogP contribution in [0.5, 0.6) is 0 Å². The Kier molecular flexibility index (Phi) is 5.40. The van der Waals surface area contributed by atoms with Crippen molar-refractivity contribution in [2.75, 3.05) is 6.54 Å². The molecule has 23 heavy (non-hydrogen) atoms. The quantitative estimate of drug-likeness (QED) is 0.550. The monoisotopic (exact) mass is 315 g/mol. The van der Waals surface area contributed by atoms with Gasteiger partial charge in [-0.3, -0.25) is 14.9 Å². The maximum atomic E-state index is 11.9. The van der Waals surface area contributed by atoms with Gasteiger partial charge in [-0.15, -0.1) is 0 Å². The van der Waals surface area contributed by atoms with Gasteiger partial charge in [-0.25, -0.2) is 0 Å². The van der Waals surface area contributed by atoms with Gasteiger partial charge in [-0.2, -0.15) is 0 Å². The van der Waals surface area contributed by atoms with Crippen LogP contribution in [-0.2, 0) is 0 Å². The number of nitrogens with two attached hydrogens (primary N) is 1. The van der Waals surface area contributed by atoms with Crippen LogP contribution in [0, 0.1) is 10.1 Å². The highest BCUT2D eigenvalue weighted by molar-refractivity contribution is 5.94. The molecular formula is C16H17N3O4. The van der Waals surface area contributed by atoms with E-state index in [-0.39, 0.29) is 18.1 Å². The van der Waals surface area contributed by atoms with Crippen LogP contribution in [0.15, 0.2) is 54.6 Å². The van der Waals surface area contributed by atoms with Crippen molar-refractivity contribution < 1.29 is 14.8 Å². The standard InChI is InChI=1S/C16H17N3O4/c17-14(10-18-16(21)12-4-2-1-3-5-12)15(20)11-6-8-13(9-7-11)19(22)23/h1-9,14-15,20H,10,17H2,(H,18,21)/t14-,15-/m0/s1. The number of hydrogen-bond donors (Lipinski definition) is 3. The number of carbonyl (C=O) groups excluding carboxylic acids is 1. The van der Waals surface area contributed by atoms with Crippen molar-refractivity contribution in [1.29, 1.82) is 0 Å². The summed E-state index contributed by atoms with van der Waals surface area (Å²) in [5.41, 5.74) is 6.77. The van der Waals surface area contributed by atoms with E-state index in [2.05, 4.69) is 5.32 Å². The Bertz CT molecular complexity index is 673. The predicted molar refractivity (Wildman–Crippen MR) is 84.8 cm³/mol. The van der Waals surface area contributed by atoms with E-state index in [4.69, 9.17) is 5.73 Å². The Morgan fingerprint density at radius 2 is 1.78 bits per heavy atom. The Morgan fingerprint density at radius 3 is 2.35 bits per heavy atom. The minimum absolute atomic E-state index is 0.0631. The summed E-state index contributed by atoms with van der Waals surface area (Å²) in [6, 6.07) is 13.4. The van der Waals surface area contributed by atoms with Crippen LogP contribution in [0.3, 0.4) is 0 Å². The number of nitro groups is 1. The third-order valence-corrected chi connectivity index (χ3v) is 3.39. The van der Waals surface area contributed by atoms with Gasteiger partial charge < -0.3 is 16.2 Å². The van der Waals surface area contributed by atoms with Crippen LogP contribution in [0.4, 0.5) is 5.69 Å². The average Bonchev–Trinajstić information content (AvgIpc) is 2.59. The van der Waals surface area contributed by atoms with Crippen molar-refractivity contribution in [1.82, 2.24) is 5.32 Å². The number of carbonyl (C=O) groups is 1.